The minimum atomic E-state index is -0.993. The number of hydrogen-bond donors (Lipinski definition) is 2. The van der Waals surface area contributed by atoms with E-state index in [1.807, 2.05) is 44.2 Å². The van der Waals surface area contributed by atoms with Gasteiger partial charge in [0.15, 0.2) is 11.5 Å². The van der Waals surface area contributed by atoms with Crippen LogP contribution >= 0.6 is 15.9 Å². The summed E-state index contributed by atoms with van der Waals surface area (Å²) in [4.78, 5) is 11.3. The molecule has 0 radical (unpaired) electrons. The van der Waals surface area contributed by atoms with Crippen LogP contribution in [-0.4, -0.2) is 24.8 Å². The number of benzene rings is 3. The van der Waals surface area contributed by atoms with Crippen LogP contribution in [0.15, 0.2) is 59.1 Å². The zero-order valence-electron chi connectivity index (χ0n) is 18.3. The molecule has 0 amide bonds. The summed E-state index contributed by atoms with van der Waals surface area (Å²) in [5.41, 5.74) is 3.98. The van der Waals surface area contributed by atoms with Gasteiger partial charge in [-0.2, -0.15) is 0 Å². The number of carboxylic acid groups (broad SMARTS) is 1. The van der Waals surface area contributed by atoms with Gasteiger partial charge in [-0.15, -0.1) is 0 Å². The SMILES string of the molecule is CCOc1cc(CNc2cc(C(=O)O)ccc2OC)cc(Br)c1OCc1cccc(C)c1. The van der Waals surface area contributed by atoms with Crippen LogP contribution in [0.5, 0.6) is 17.2 Å². The van der Waals surface area contributed by atoms with Crippen LogP contribution < -0.4 is 19.5 Å². The van der Waals surface area contributed by atoms with E-state index < -0.39 is 5.97 Å². The van der Waals surface area contributed by atoms with Crippen LogP contribution in [-0.2, 0) is 13.2 Å². The number of anilines is 1. The molecular formula is C25H26BrNO5. The maximum absolute atomic E-state index is 11.3. The van der Waals surface area contributed by atoms with E-state index in [0.717, 1.165) is 15.6 Å². The summed E-state index contributed by atoms with van der Waals surface area (Å²) in [7, 11) is 1.55. The van der Waals surface area contributed by atoms with E-state index in [0.29, 0.717) is 42.7 Å². The molecule has 0 saturated heterocycles. The molecule has 0 bridgehead atoms. The number of carbonyl (C=O) groups is 1. The molecule has 3 rings (SSSR count). The molecule has 0 spiro atoms. The second-order valence-corrected chi connectivity index (χ2v) is 8.04. The van der Waals surface area contributed by atoms with Crippen molar-refractivity contribution in [2.75, 3.05) is 19.0 Å². The molecular weight excluding hydrogens is 474 g/mol. The van der Waals surface area contributed by atoms with Crippen LogP contribution in [0, 0.1) is 6.92 Å². The molecule has 32 heavy (non-hydrogen) atoms. The molecule has 0 aliphatic heterocycles. The van der Waals surface area contributed by atoms with Crippen molar-refractivity contribution in [3.8, 4) is 17.2 Å². The lowest BCUT2D eigenvalue weighted by atomic mass is 10.1. The van der Waals surface area contributed by atoms with Gasteiger partial charge in [-0.05, 0) is 71.2 Å². The van der Waals surface area contributed by atoms with Crippen LogP contribution in [0.2, 0.25) is 0 Å². The van der Waals surface area contributed by atoms with Gasteiger partial charge in [0.2, 0.25) is 0 Å². The standard InChI is InChI=1S/C25H26BrNO5/c1-4-31-23-12-18(14-27-21-13-19(25(28)29)8-9-22(21)30-3)11-20(26)24(23)32-15-17-7-5-6-16(2)10-17/h5-13,27H,4,14-15H2,1-3H3,(H,28,29). The number of aryl methyl sites for hydroxylation is 1. The summed E-state index contributed by atoms with van der Waals surface area (Å²) >= 11 is 3.61. The Morgan fingerprint density at radius 1 is 1.03 bits per heavy atom. The Balaban J connectivity index is 1.80. The number of ether oxygens (including phenoxy) is 3. The van der Waals surface area contributed by atoms with Gasteiger partial charge in [0.05, 0.1) is 29.4 Å². The molecule has 0 heterocycles. The van der Waals surface area contributed by atoms with Crippen molar-refractivity contribution in [3.63, 3.8) is 0 Å². The molecule has 0 saturated carbocycles. The van der Waals surface area contributed by atoms with Crippen molar-refractivity contribution in [1.82, 2.24) is 0 Å². The third-order valence-electron chi connectivity index (χ3n) is 4.76. The molecule has 0 unspecified atom stereocenters. The van der Waals surface area contributed by atoms with Gasteiger partial charge >= 0.3 is 5.97 Å². The van der Waals surface area contributed by atoms with Gasteiger partial charge in [-0.25, -0.2) is 4.79 Å². The van der Waals surface area contributed by atoms with Gasteiger partial charge in [0.25, 0.3) is 0 Å². The molecule has 3 aromatic carbocycles. The lowest BCUT2D eigenvalue weighted by Gasteiger charge is -2.17. The number of hydrogen-bond acceptors (Lipinski definition) is 5. The average molecular weight is 500 g/mol. The van der Waals surface area contributed by atoms with E-state index in [1.54, 1.807) is 19.2 Å². The fourth-order valence-electron chi connectivity index (χ4n) is 3.26. The van der Waals surface area contributed by atoms with Crippen molar-refractivity contribution < 1.29 is 24.1 Å². The second-order valence-electron chi connectivity index (χ2n) is 7.19. The summed E-state index contributed by atoms with van der Waals surface area (Å²) in [6, 6.07) is 16.7. The first-order valence-corrected chi connectivity index (χ1v) is 11.0. The number of methoxy groups -OCH3 is 1. The van der Waals surface area contributed by atoms with E-state index in [1.165, 1.54) is 11.6 Å². The van der Waals surface area contributed by atoms with Crippen LogP contribution in [0.3, 0.4) is 0 Å². The molecule has 0 aliphatic rings. The average Bonchev–Trinajstić information content (AvgIpc) is 2.77. The Kier molecular flexibility index (Phi) is 8.00. The summed E-state index contributed by atoms with van der Waals surface area (Å²) in [5, 5.41) is 12.5. The first kappa shape index (κ1) is 23.5. The van der Waals surface area contributed by atoms with E-state index in [9.17, 15) is 9.90 Å². The molecule has 6 nitrogen and oxygen atoms in total. The number of rotatable bonds is 10. The first-order chi connectivity index (χ1) is 15.4. The molecule has 168 valence electrons. The molecule has 2 N–H and O–H groups in total. The smallest absolute Gasteiger partial charge is 0.335 e. The highest BCUT2D eigenvalue weighted by Gasteiger charge is 2.14. The number of nitrogens with one attached hydrogen (secondary N) is 1. The number of carboxylic acids is 1. The Morgan fingerprint density at radius 2 is 1.84 bits per heavy atom. The number of halogens is 1. The third kappa shape index (κ3) is 5.95. The molecule has 0 aliphatic carbocycles. The van der Waals surface area contributed by atoms with Crippen molar-refractivity contribution in [3.05, 3.63) is 81.3 Å². The van der Waals surface area contributed by atoms with Crippen molar-refractivity contribution in [2.45, 2.75) is 27.0 Å². The molecule has 0 fully saturated rings. The van der Waals surface area contributed by atoms with Crippen LogP contribution in [0.25, 0.3) is 0 Å². The predicted octanol–water partition coefficient (Wildman–Crippen LogP) is 6.05. The second kappa shape index (κ2) is 10.9. The topological polar surface area (TPSA) is 77.0 Å². The molecule has 0 aromatic heterocycles. The van der Waals surface area contributed by atoms with Crippen LogP contribution in [0.1, 0.15) is 34.0 Å². The monoisotopic (exact) mass is 499 g/mol. The van der Waals surface area contributed by atoms with Gasteiger partial charge in [-0.3, -0.25) is 0 Å². The molecule has 7 heteroatoms. The quantitative estimate of drug-likeness (QED) is 0.353. The Morgan fingerprint density at radius 3 is 2.53 bits per heavy atom. The zero-order chi connectivity index (χ0) is 23.1. The maximum Gasteiger partial charge on any atom is 0.335 e. The summed E-state index contributed by atoms with van der Waals surface area (Å²) < 4.78 is 18.0. The lowest BCUT2D eigenvalue weighted by Crippen LogP contribution is -2.06. The van der Waals surface area contributed by atoms with Gasteiger partial charge in [-0.1, -0.05) is 29.8 Å². The van der Waals surface area contributed by atoms with E-state index in [2.05, 4.69) is 27.3 Å². The Labute approximate surface area is 196 Å². The highest BCUT2D eigenvalue weighted by molar-refractivity contribution is 9.10. The highest BCUT2D eigenvalue weighted by atomic mass is 79.9. The third-order valence-corrected chi connectivity index (χ3v) is 5.35. The lowest BCUT2D eigenvalue weighted by molar-refractivity contribution is 0.0697. The minimum Gasteiger partial charge on any atom is -0.495 e. The zero-order valence-corrected chi connectivity index (χ0v) is 19.9. The van der Waals surface area contributed by atoms with Gasteiger partial charge in [0, 0.05) is 6.54 Å². The maximum atomic E-state index is 11.3. The fourth-order valence-corrected chi connectivity index (χ4v) is 3.86. The van der Waals surface area contributed by atoms with E-state index in [-0.39, 0.29) is 5.56 Å². The van der Waals surface area contributed by atoms with Crippen molar-refractivity contribution in [2.24, 2.45) is 0 Å². The normalized spacial score (nSPS) is 10.5. The Hall–Kier alpha value is -3.19. The first-order valence-electron chi connectivity index (χ1n) is 10.2. The molecule has 3 aromatic rings. The number of aromatic carboxylic acids is 1. The van der Waals surface area contributed by atoms with Gasteiger partial charge in [0.1, 0.15) is 12.4 Å². The fraction of sp³-hybridized carbons (Fsp3) is 0.240. The van der Waals surface area contributed by atoms with E-state index >= 15 is 0 Å². The minimum absolute atomic E-state index is 0.185. The summed E-state index contributed by atoms with van der Waals surface area (Å²) in [6.45, 7) is 5.34. The van der Waals surface area contributed by atoms with Crippen LogP contribution in [0.4, 0.5) is 5.69 Å². The van der Waals surface area contributed by atoms with Gasteiger partial charge < -0.3 is 24.6 Å². The molecule has 0 atom stereocenters. The highest BCUT2D eigenvalue weighted by Crippen LogP contribution is 2.38. The van der Waals surface area contributed by atoms with Crippen molar-refractivity contribution in [1.29, 1.82) is 0 Å². The summed E-state index contributed by atoms with van der Waals surface area (Å²) in [5.74, 6) is 0.851. The van der Waals surface area contributed by atoms with Crippen molar-refractivity contribution >= 4 is 27.6 Å². The largest absolute Gasteiger partial charge is 0.495 e. The van der Waals surface area contributed by atoms with E-state index in [4.69, 9.17) is 14.2 Å². The Bertz CT molecular complexity index is 1100. The summed E-state index contributed by atoms with van der Waals surface area (Å²) in [6.07, 6.45) is 0. The predicted molar refractivity (Wildman–Crippen MR) is 128 cm³/mol.